The summed E-state index contributed by atoms with van der Waals surface area (Å²) >= 11 is 0. The smallest absolute Gasteiger partial charge is 0.338 e. The van der Waals surface area contributed by atoms with Gasteiger partial charge in [-0.05, 0) is 46.0 Å². The summed E-state index contributed by atoms with van der Waals surface area (Å²) in [6, 6.07) is 5.41. The standard InChI is InChI=1S/C16H25N3O2/c1-5-21-15(20)12-6-7-14(13(17)10-12)19-9-8-18(4)16(2,3)11-19/h6-7,10H,5,8-9,11,17H2,1-4H3. The number of anilines is 2. The van der Waals surface area contributed by atoms with Gasteiger partial charge in [-0.2, -0.15) is 0 Å². The van der Waals surface area contributed by atoms with Crippen molar-refractivity contribution in [2.45, 2.75) is 26.3 Å². The molecule has 1 fully saturated rings. The van der Waals surface area contributed by atoms with Gasteiger partial charge in [-0.1, -0.05) is 0 Å². The fraction of sp³-hybridized carbons (Fsp3) is 0.562. The van der Waals surface area contributed by atoms with Crippen molar-refractivity contribution in [1.29, 1.82) is 0 Å². The first kappa shape index (κ1) is 15.6. The Kier molecular flexibility index (Phi) is 4.42. The normalized spacial score (nSPS) is 18.6. The number of hydrogen-bond donors (Lipinski definition) is 1. The van der Waals surface area contributed by atoms with E-state index in [1.54, 1.807) is 19.1 Å². The molecule has 5 nitrogen and oxygen atoms in total. The Labute approximate surface area is 126 Å². The highest BCUT2D eigenvalue weighted by atomic mass is 16.5. The van der Waals surface area contributed by atoms with Gasteiger partial charge in [-0.25, -0.2) is 4.79 Å². The topological polar surface area (TPSA) is 58.8 Å². The lowest BCUT2D eigenvalue weighted by atomic mass is 9.99. The average Bonchev–Trinajstić information content (AvgIpc) is 2.42. The molecule has 0 unspecified atom stereocenters. The van der Waals surface area contributed by atoms with Gasteiger partial charge in [-0.3, -0.25) is 4.90 Å². The minimum Gasteiger partial charge on any atom is -0.462 e. The predicted octanol–water partition coefficient (Wildman–Crippen LogP) is 1.98. The molecule has 0 aromatic heterocycles. The van der Waals surface area contributed by atoms with Gasteiger partial charge in [0.1, 0.15) is 0 Å². The molecular formula is C16H25N3O2. The van der Waals surface area contributed by atoms with E-state index in [2.05, 4.69) is 30.7 Å². The number of hydrogen-bond acceptors (Lipinski definition) is 5. The Morgan fingerprint density at radius 3 is 2.67 bits per heavy atom. The van der Waals surface area contributed by atoms with Crippen LogP contribution in [-0.2, 0) is 4.74 Å². The lowest BCUT2D eigenvalue weighted by molar-refractivity contribution is 0.0526. The molecule has 1 heterocycles. The molecular weight excluding hydrogens is 266 g/mol. The molecule has 0 spiro atoms. The van der Waals surface area contributed by atoms with Crippen LogP contribution in [0.4, 0.5) is 11.4 Å². The Bertz CT molecular complexity index is 528. The zero-order chi connectivity index (χ0) is 15.6. The third kappa shape index (κ3) is 3.29. The van der Waals surface area contributed by atoms with E-state index >= 15 is 0 Å². The molecule has 2 rings (SSSR count). The van der Waals surface area contributed by atoms with Gasteiger partial charge in [-0.15, -0.1) is 0 Å². The van der Waals surface area contributed by atoms with Gasteiger partial charge in [0.2, 0.25) is 0 Å². The van der Waals surface area contributed by atoms with Crippen molar-refractivity contribution < 1.29 is 9.53 Å². The molecule has 5 heteroatoms. The van der Waals surface area contributed by atoms with Crippen LogP contribution in [0.25, 0.3) is 0 Å². The van der Waals surface area contributed by atoms with Crippen molar-refractivity contribution in [3.8, 4) is 0 Å². The first-order valence-electron chi connectivity index (χ1n) is 7.38. The summed E-state index contributed by atoms with van der Waals surface area (Å²) in [4.78, 5) is 16.4. The number of nitrogens with two attached hydrogens (primary N) is 1. The average molecular weight is 291 g/mol. The minimum atomic E-state index is -0.325. The number of esters is 1. The number of ether oxygens (including phenoxy) is 1. The summed E-state index contributed by atoms with van der Waals surface area (Å²) in [5, 5.41) is 0. The van der Waals surface area contributed by atoms with Gasteiger partial charge in [0.05, 0.1) is 23.5 Å². The number of rotatable bonds is 3. The van der Waals surface area contributed by atoms with E-state index in [1.165, 1.54) is 0 Å². The number of carbonyl (C=O) groups excluding carboxylic acids is 1. The zero-order valence-electron chi connectivity index (χ0n) is 13.3. The SMILES string of the molecule is CCOC(=O)c1ccc(N2CCN(C)C(C)(C)C2)c(N)c1. The van der Waals surface area contributed by atoms with Crippen LogP contribution < -0.4 is 10.6 Å². The minimum absolute atomic E-state index is 0.102. The molecule has 0 saturated carbocycles. The van der Waals surface area contributed by atoms with Crippen molar-refractivity contribution in [2.24, 2.45) is 0 Å². The van der Waals surface area contributed by atoms with Gasteiger partial charge in [0.25, 0.3) is 0 Å². The highest BCUT2D eigenvalue weighted by Gasteiger charge is 2.31. The summed E-state index contributed by atoms with van der Waals surface area (Å²) in [6.45, 7) is 9.45. The van der Waals surface area contributed by atoms with Crippen LogP contribution in [0.2, 0.25) is 0 Å². The Morgan fingerprint density at radius 2 is 2.10 bits per heavy atom. The zero-order valence-corrected chi connectivity index (χ0v) is 13.3. The third-order valence-electron chi connectivity index (χ3n) is 4.20. The summed E-state index contributed by atoms with van der Waals surface area (Å²) < 4.78 is 5.00. The molecule has 1 aliphatic heterocycles. The number of benzene rings is 1. The lowest BCUT2D eigenvalue weighted by Gasteiger charge is -2.46. The van der Waals surface area contributed by atoms with Crippen molar-refractivity contribution in [3.05, 3.63) is 23.8 Å². The largest absolute Gasteiger partial charge is 0.462 e. The van der Waals surface area contributed by atoms with Gasteiger partial charge in [0, 0.05) is 25.2 Å². The Balaban J connectivity index is 2.20. The predicted molar refractivity (Wildman–Crippen MR) is 85.7 cm³/mol. The molecule has 0 aliphatic carbocycles. The van der Waals surface area contributed by atoms with Crippen molar-refractivity contribution in [1.82, 2.24) is 4.90 Å². The third-order valence-corrected chi connectivity index (χ3v) is 4.20. The number of piperazine rings is 1. The van der Waals surface area contributed by atoms with Crippen LogP contribution in [0, 0.1) is 0 Å². The summed E-state index contributed by atoms with van der Waals surface area (Å²) in [5.74, 6) is -0.325. The van der Waals surface area contributed by atoms with E-state index in [1.807, 2.05) is 6.07 Å². The first-order chi connectivity index (χ1) is 9.85. The van der Waals surface area contributed by atoms with Crippen LogP contribution >= 0.6 is 0 Å². The number of nitrogens with zero attached hydrogens (tertiary/aromatic N) is 2. The molecule has 21 heavy (non-hydrogen) atoms. The molecule has 116 valence electrons. The van der Waals surface area contributed by atoms with Gasteiger partial charge >= 0.3 is 5.97 Å². The van der Waals surface area contributed by atoms with Crippen LogP contribution in [0.5, 0.6) is 0 Å². The van der Waals surface area contributed by atoms with Crippen LogP contribution in [0.1, 0.15) is 31.1 Å². The van der Waals surface area contributed by atoms with Crippen molar-refractivity contribution >= 4 is 17.3 Å². The summed E-state index contributed by atoms with van der Waals surface area (Å²) in [7, 11) is 2.14. The second kappa shape index (κ2) is 5.93. The number of carbonyl (C=O) groups is 1. The molecule has 0 bridgehead atoms. The molecule has 1 saturated heterocycles. The van der Waals surface area contributed by atoms with E-state index in [0.29, 0.717) is 17.9 Å². The quantitative estimate of drug-likeness (QED) is 0.681. The summed E-state index contributed by atoms with van der Waals surface area (Å²) in [6.07, 6.45) is 0. The van der Waals surface area contributed by atoms with E-state index in [4.69, 9.17) is 10.5 Å². The number of likely N-dealkylation sites (N-methyl/N-ethyl adjacent to an activating group) is 1. The van der Waals surface area contributed by atoms with E-state index in [0.717, 1.165) is 25.3 Å². The Hall–Kier alpha value is -1.75. The van der Waals surface area contributed by atoms with Crippen molar-refractivity contribution in [3.63, 3.8) is 0 Å². The maximum atomic E-state index is 11.7. The van der Waals surface area contributed by atoms with Crippen LogP contribution in [0.3, 0.4) is 0 Å². The molecule has 1 aromatic carbocycles. The van der Waals surface area contributed by atoms with E-state index in [-0.39, 0.29) is 11.5 Å². The monoisotopic (exact) mass is 291 g/mol. The van der Waals surface area contributed by atoms with Crippen molar-refractivity contribution in [2.75, 3.05) is 43.9 Å². The fourth-order valence-electron chi connectivity index (χ4n) is 2.63. The molecule has 0 atom stereocenters. The second-order valence-corrected chi connectivity index (χ2v) is 6.15. The van der Waals surface area contributed by atoms with E-state index < -0.39 is 0 Å². The van der Waals surface area contributed by atoms with E-state index in [9.17, 15) is 4.79 Å². The van der Waals surface area contributed by atoms with Gasteiger partial charge in [0.15, 0.2) is 0 Å². The number of nitrogen functional groups attached to an aromatic ring is 1. The highest BCUT2D eigenvalue weighted by Crippen LogP contribution is 2.29. The lowest BCUT2D eigenvalue weighted by Crippen LogP contribution is -2.57. The van der Waals surface area contributed by atoms with Crippen LogP contribution in [0.15, 0.2) is 18.2 Å². The maximum Gasteiger partial charge on any atom is 0.338 e. The molecule has 1 aromatic rings. The Morgan fingerprint density at radius 1 is 1.38 bits per heavy atom. The second-order valence-electron chi connectivity index (χ2n) is 6.15. The molecule has 1 aliphatic rings. The summed E-state index contributed by atoms with van der Waals surface area (Å²) in [5.41, 5.74) is 8.37. The maximum absolute atomic E-state index is 11.7. The molecule has 0 radical (unpaired) electrons. The highest BCUT2D eigenvalue weighted by molar-refractivity contribution is 5.92. The fourth-order valence-corrected chi connectivity index (χ4v) is 2.63. The van der Waals surface area contributed by atoms with Gasteiger partial charge < -0.3 is 15.4 Å². The first-order valence-corrected chi connectivity index (χ1v) is 7.38. The molecule has 2 N–H and O–H groups in total. The van der Waals surface area contributed by atoms with Crippen LogP contribution in [-0.4, -0.2) is 49.7 Å². The molecule has 0 amide bonds.